The number of nitrogens with one attached hydrogen (secondary N) is 2. The van der Waals surface area contributed by atoms with Crippen LogP contribution in [0.3, 0.4) is 0 Å². The number of thiophene rings is 1. The van der Waals surface area contributed by atoms with Gasteiger partial charge in [0.1, 0.15) is 12.9 Å². The molecule has 0 atom stereocenters. The van der Waals surface area contributed by atoms with E-state index in [4.69, 9.17) is 9.57 Å². The van der Waals surface area contributed by atoms with Crippen LogP contribution in [0.25, 0.3) is 0 Å². The van der Waals surface area contributed by atoms with E-state index in [9.17, 15) is 9.59 Å². The summed E-state index contributed by atoms with van der Waals surface area (Å²) in [6, 6.07) is 8.82. The van der Waals surface area contributed by atoms with Gasteiger partial charge in [-0.2, -0.15) is 5.10 Å². The minimum Gasteiger partial charge on any atom is -0.497 e. The van der Waals surface area contributed by atoms with E-state index < -0.39 is 5.91 Å². The zero-order valence-electron chi connectivity index (χ0n) is 14.5. The molecule has 26 heavy (non-hydrogen) atoms. The lowest BCUT2D eigenvalue weighted by molar-refractivity contribution is -0.115. The number of benzene rings is 1. The number of anilines is 1. The number of carbonyl (C=O) groups is 2. The molecule has 0 aliphatic heterocycles. The van der Waals surface area contributed by atoms with Crippen LogP contribution >= 0.6 is 11.3 Å². The number of hydrogen-bond acceptors (Lipinski definition) is 7. The number of methoxy groups -OCH3 is 1. The second-order valence-corrected chi connectivity index (χ2v) is 5.89. The van der Waals surface area contributed by atoms with Gasteiger partial charge in [-0.3, -0.25) is 9.59 Å². The summed E-state index contributed by atoms with van der Waals surface area (Å²) in [6.45, 7) is 1.41. The third-order valence-electron chi connectivity index (χ3n) is 3.07. The number of ether oxygens (including phenoxy) is 1. The summed E-state index contributed by atoms with van der Waals surface area (Å²) >= 11 is 1.28. The van der Waals surface area contributed by atoms with Crippen LogP contribution in [-0.4, -0.2) is 38.0 Å². The van der Waals surface area contributed by atoms with Crippen molar-refractivity contribution < 1.29 is 19.2 Å². The van der Waals surface area contributed by atoms with Crippen molar-refractivity contribution in [2.45, 2.75) is 6.92 Å². The van der Waals surface area contributed by atoms with Crippen molar-refractivity contribution in [2.75, 3.05) is 19.5 Å². The van der Waals surface area contributed by atoms with Gasteiger partial charge in [-0.1, -0.05) is 5.16 Å². The van der Waals surface area contributed by atoms with E-state index in [0.717, 1.165) is 11.3 Å². The largest absolute Gasteiger partial charge is 0.497 e. The predicted octanol–water partition coefficient (Wildman–Crippen LogP) is 2.22. The Labute approximate surface area is 154 Å². The van der Waals surface area contributed by atoms with Gasteiger partial charge in [0.25, 0.3) is 5.91 Å². The maximum Gasteiger partial charge on any atom is 0.294 e. The Kier molecular flexibility index (Phi) is 6.86. The first-order valence-electron chi connectivity index (χ1n) is 7.48. The highest BCUT2D eigenvalue weighted by atomic mass is 32.1. The molecule has 0 saturated carbocycles. The lowest BCUT2D eigenvalue weighted by atomic mass is 10.2. The lowest BCUT2D eigenvalue weighted by Crippen LogP contribution is -2.28. The Hall–Kier alpha value is -3.20. The Morgan fingerprint density at radius 1 is 1.19 bits per heavy atom. The molecule has 2 aromatic rings. The maximum absolute atomic E-state index is 12.3. The van der Waals surface area contributed by atoms with E-state index in [2.05, 4.69) is 21.0 Å². The van der Waals surface area contributed by atoms with E-state index >= 15 is 0 Å². The highest BCUT2D eigenvalue weighted by Crippen LogP contribution is 2.21. The van der Waals surface area contributed by atoms with Crippen LogP contribution in [0, 0.1) is 0 Å². The van der Waals surface area contributed by atoms with Gasteiger partial charge in [0, 0.05) is 17.9 Å². The minimum atomic E-state index is -0.538. The predicted molar refractivity (Wildman–Crippen MR) is 101 cm³/mol. The molecule has 0 unspecified atom stereocenters. The first-order valence-corrected chi connectivity index (χ1v) is 8.36. The van der Waals surface area contributed by atoms with Gasteiger partial charge in [0.2, 0.25) is 5.91 Å². The summed E-state index contributed by atoms with van der Waals surface area (Å²) in [4.78, 5) is 28.2. The summed E-state index contributed by atoms with van der Waals surface area (Å²) < 4.78 is 5.08. The quantitative estimate of drug-likeness (QED) is 0.573. The number of amides is 2. The van der Waals surface area contributed by atoms with Gasteiger partial charge < -0.3 is 14.9 Å². The highest BCUT2D eigenvalue weighted by molar-refractivity contribution is 7.14. The molecule has 0 radical (unpaired) electrons. The van der Waals surface area contributed by atoms with Crippen molar-refractivity contribution >= 4 is 40.1 Å². The molecule has 1 aromatic carbocycles. The van der Waals surface area contributed by atoms with Gasteiger partial charge in [0.05, 0.1) is 18.3 Å². The van der Waals surface area contributed by atoms with Gasteiger partial charge >= 0.3 is 0 Å². The molecule has 2 N–H and O–H groups in total. The van der Waals surface area contributed by atoms with E-state index in [-0.39, 0.29) is 11.6 Å². The molecule has 136 valence electrons. The third-order valence-corrected chi connectivity index (χ3v) is 3.91. The van der Waals surface area contributed by atoms with Crippen LogP contribution in [0.4, 0.5) is 5.00 Å². The second-order valence-electron chi connectivity index (χ2n) is 4.98. The van der Waals surface area contributed by atoms with Crippen LogP contribution < -0.4 is 15.5 Å². The number of nitrogens with zero attached hydrogens (tertiary/aromatic N) is 2. The van der Waals surface area contributed by atoms with Crippen molar-refractivity contribution in [2.24, 2.45) is 10.3 Å². The molecule has 9 heteroatoms. The third kappa shape index (κ3) is 5.42. The second kappa shape index (κ2) is 9.33. The lowest BCUT2D eigenvalue weighted by Gasteiger charge is -2.02. The SMILES string of the molecule is CO/N=C(/C(=O)N/N=C/c1ccc(OC)cc1)c1csc(NC(C)=O)c1. The van der Waals surface area contributed by atoms with E-state index in [1.54, 1.807) is 42.8 Å². The van der Waals surface area contributed by atoms with E-state index in [1.807, 2.05) is 0 Å². The molecule has 0 spiro atoms. The molecular formula is C17H18N4O4S. The van der Waals surface area contributed by atoms with Crippen LogP contribution in [0.1, 0.15) is 18.1 Å². The van der Waals surface area contributed by atoms with Gasteiger partial charge in [-0.15, -0.1) is 11.3 Å². The van der Waals surface area contributed by atoms with Crippen LogP contribution in [0.5, 0.6) is 5.75 Å². The molecule has 2 rings (SSSR count). The average Bonchev–Trinajstić information content (AvgIpc) is 3.07. The van der Waals surface area contributed by atoms with Crippen molar-refractivity contribution in [1.82, 2.24) is 5.43 Å². The van der Waals surface area contributed by atoms with Crippen molar-refractivity contribution in [3.05, 3.63) is 46.8 Å². The Morgan fingerprint density at radius 3 is 2.54 bits per heavy atom. The van der Waals surface area contributed by atoms with Gasteiger partial charge in [-0.05, 0) is 35.9 Å². The molecule has 0 bridgehead atoms. The fourth-order valence-corrected chi connectivity index (χ4v) is 2.76. The summed E-state index contributed by atoms with van der Waals surface area (Å²) in [7, 11) is 2.93. The van der Waals surface area contributed by atoms with Crippen molar-refractivity contribution in [3.8, 4) is 5.75 Å². The summed E-state index contributed by atoms with van der Waals surface area (Å²) in [5.74, 6) is -0.00547. The fraction of sp³-hybridized carbons (Fsp3) is 0.176. The van der Waals surface area contributed by atoms with Crippen LogP contribution in [0.15, 0.2) is 46.0 Å². The molecule has 1 aromatic heterocycles. The highest BCUT2D eigenvalue weighted by Gasteiger charge is 2.17. The van der Waals surface area contributed by atoms with Crippen molar-refractivity contribution in [1.29, 1.82) is 0 Å². The molecule has 0 aliphatic carbocycles. The van der Waals surface area contributed by atoms with E-state index in [0.29, 0.717) is 10.6 Å². The van der Waals surface area contributed by atoms with Crippen LogP contribution in [0.2, 0.25) is 0 Å². The number of rotatable bonds is 7. The minimum absolute atomic E-state index is 0.0484. The molecule has 2 amide bonds. The number of oxime groups is 1. The molecule has 1 heterocycles. The standard InChI is InChI=1S/C17H18N4O4S/c1-11(22)19-15-8-13(10-26-15)16(21-25-3)17(23)20-18-9-12-4-6-14(24-2)7-5-12/h4-10H,1-3H3,(H,19,22)(H,20,23)/b18-9+,21-16+. The first kappa shape index (κ1) is 19.1. The molecule has 0 fully saturated rings. The number of hydrazone groups is 1. The molecular weight excluding hydrogens is 356 g/mol. The van der Waals surface area contributed by atoms with Gasteiger partial charge in [-0.25, -0.2) is 5.43 Å². The topological polar surface area (TPSA) is 101 Å². The Bertz CT molecular complexity index is 828. The first-order chi connectivity index (χ1) is 12.5. The van der Waals surface area contributed by atoms with Gasteiger partial charge in [0.15, 0.2) is 5.71 Å². The average molecular weight is 374 g/mol. The Morgan fingerprint density at radius 2 is 1.92 bits per heavy atom. The van der Waals surface area contributed by atoms with Crippen LogP contribution in [-0.2, 0) is 14.4 Å². The summed E-state index contributed by atoms with van der Waals surface area (Å²) in [5, 5.41) is 12.6. The number of hydrogen-bond donors (Lipinski definition) is 2. The monoisotopic (exact) mass is 374 g/mol. The summed E-state index contributed by atoms with van der Waals surface area (Å²) in [5.41, 5.74) is 3.75. The molecule has 0 aliphatic rings. The van der Waals surface area contributed by atoms with Crippen molar-refractivity contribution in [3.63, 3.8) is 0 Å². The molecule has 8 nitrogen and oxygen atoms in total. The molecule has 0 saturated heterocycles. The number of carbonyl (C=O) groups excluding carboxylic acids is 2. The fourth-order valence-electron chi connectivity index (χ4n) is 1.92. The normalized spacial score (nSPS) is 11.3. The summed E-state index contributed by atoms with van der Waals surface area (Å²) in [6.07, 6.45) is 1.50. The Balaban J connectivity index is 2.06. The maximum atomic E-state index is 12.3. The smallest absolute Gasteiger partial charge is 0.294 e. The van der Waals surface area contributed by atoms with E-state index in [1.165, 1.54) is 31.6 Å². The zero-order valence-corrected chi connectivity index (χ0v) is 15.3. The zero-order chi connectivity index (χ0) is 18.9.